The normalized spacial score (nSPS) is 16.0. The zero-order valence-electron chi connectivity index (χ0n) is 7.43. The molecule has 0 amide bonds. The molecular formula is C10H8N2O2. The molecule has 0 atom stereocenters. The van der Waals surface area contributed by atoms with Crippen molar-refractivity contribution in [3.05, 3.63) is 23.7 Å². The summed E-state index contributed by atoms with van der Waals surface area (Å²) in [5, 5.41) is 0. The number of aldehydes is 1. The highest BCUT2D eigenvalue weighted by Crippen LogP contribution is 2.41. The summed E-state index contributed by atoms with van der Waals surface area (Å²) in [5.74, 6) is 1.49. The molecule has 0 aliphatic heterocycles. The summed E-state index contributed by atoms with van der Waals surface area (Å²) in [6.07, 6.45) is 4.48. The van der Waals surface area contributed by atoms with Crippen molar-refractivity contribution in [1.29, 1.82) is 0 Å². The maximum Gasteiger partial charge on any atom is 0.245 e. The maximum absolute atomic E-state index is 10.5. The van der Waals surface area contributed by atoms with Crippen molar-refractivity contribution in [3.8, 4) is 0 Å². The van der Waals surface area contributed by atoms with E-state index in [-0.39, 0.29) is 0 Å². The summed E-state index contributed by atoms with van der Waals surface area (Å²) < 4.78 is 5.50. The quantitative estimate of drug-likeness (QED) is 0.675. The van der Waals surface area contributed by atoms with Crippen molar-refractivity contribution < 1.29 is 9.21 Å². The minimum atomic E-state index is 0.348. The fraction of sp³-hybridized carbons (Fsp3) is 0.300. The third-order valence-electron chi connectivity index (χ3n) is 2.38. The molecule has 2 aromatic heterocycles. The van der Waals surface area contributed by atoms with Crippen LogP contribution in [0, 0.1) is 0 Å². The maximum atomic E-state index is 10.5. The lowest BCUT2D eigenvalue weighted by atomic mass is 10.3. The summed E-state index contributed by atoms with van der Waals surface area (Å²) in [7, 11) is 0. The lowest BCUT2D eigenvalue weighted by Crippen LogP contribution is -1.87. The van der Waals surface area contributed by atoms with Gasteiger partial charge in [-0.3, -0.25) is 4.79 Å². The first-order valence-electron chi connectivity index (χ1n) is 4.58. The van der Waals surface area contributed by atoms with Gasteiger partial charge < -0.3 is 4.42 Å². The van der Waals surface area contributed by atoms with Crippen LogP contribution in [0.5, 0.6) is 0 Å². The van der Waals surface area contributed by atoms with Gasteiger partial charge in [0.15, 0.2) is 6.29 Å². The van der Waals surface area contributed by atoms with Gasteiger partial charge in [-0.1, -0.05) is 0 Å². The number of nitrogens with zero attached hydrogens (tertiary/aromatic N) is 2. The first-order valence-corrected chi connectivity index (χ1v) is 4.58. The highest BCUT2D eigenvalue weighted by atomic mass is 16.3. The summed E-state index contributed by atoms with van der Waals surface area (Å²) >= 11 is 0. The first-order chi connectivity index (χ1) is 6.86. The number of carbonyl (C=O) groups excluding carboxylic acids is 1. The van der Waals surface area contributed by atoms with Crippen molar-refractivity contribution in [2.45, 2.75) is 18.8 Å². The van der Waals surface area contributed by atoms with Crippen LogP contribution in [0.4, 0.5) is 0 Å². The number of hydrogen-bond donors (Lipinski definition) is 0. The summed E-state index contributed by atoms with van der Waals surface area (Å²) in [6, 6.07) is 1.88. The molecule has 2 aromatic rings. The van der Waals surface area contributed by atoms with Crippen molar-refractivity contribution in [2.75, 3.05) is 0 Å². The molecule has 0 spiro atoms. The standard InChI is InChI=1S/C10H8N2O2/c13-5-7-4-11-10-8(12-7)3-9(14-10)6-1-2-6/h3-6H,1-2H2. The van der Waals surface area contributed by atoms with Gasteiger partial charge >= 0.3 is 0 Å². The van der Waals surface area contributed by atoms with E-state index in [0.29, 0.717) is 29.1 Å². The van der Waals surface area contributed by atoms with E-state index < -0.39 is 0 Å². The smallest absolute Gasteiger partial charge is 0.245 e. The lowest BCUT2D eigenvalue weighted by Gasteiger charge is -1.87. The van der Waals surface area contributed by atoms with Crippen molar-refractivity contribution >= 4 is 17.5 Å². The Morgan fingerprint density at radius 2 is 2.36 bits per heavy atom. The average Bonchev–Trinajstić information content (AvgIpc) is 2.97. The Balaban J connectivity index is 2.17. The predicted octanol–water partition coefficient (Wildman–Crippen LogP) is 1.91. The number of furan rings is 1. The number of fused-ring (bicyclic) bond motifs is 1. The first kappa shape index (κ1) is 7.67. The third kappa shape index (κ3) is 1.11. The van der Waals surface area contributed by atoms with E-state index >= 15 is 0 Å². The molecule has 1 aliphatic carbocycles. The van der Waals surface area contributed by atoms with Crippen LogP contribution in [0.3, 0.4) is 0 Å². The van der Waals surface area contributed by atoms with Gasteiger partial charge in [0.2, 0.25) is 5.71 Å². The van der Waals surface area contributed by atoms with E-state index in [1.807, 2.05) is 6.07 Å². The Bertz CT molecular complexity index is 500. The largest absolute Gasteiger partial charge is 0.441 e. The molecule has 0 aromatic carbocycles. The zero-order valence-corrected chi connectivity index (χ0v) is 7.43. The van der Waals surface area contributed by atoms with Crippen LogP contribution in [-0.2, 0) is 0 Å². The Hall–Kier alpha value is -1.71. The van der Waals surface area contributed by atoms with Crippen LogP contribution in [-0.4, -0.2) is 16.3 Å². The van der Waals surface area contributed by atoms with E-state index in [2.05, 4.69) is 9.97 Å². The molecule has 0 N–H and O–H groups in total. The molecule has 70 valence electrons. The van der Waals surface area contributed by atoms with E-state index in [1.54, 1.807) is 0 Å². The van der Waals surface area contributed by atoms with Gasteiger partial charge in [0.25, 0.3) is 0 Å². The Morgan fingerprint density at radius 1 is 1.50 bits per heavy atom. The van der Waals surface area contributed by atoms with E-state index in [9.17, 15) is 4.79 Å². The predicted molar refractivity (Wildman–Crippen MR) is 49.2 cm³/mol. The Kier molecular flexibility index (Phi) is 1.45. The fourth-order valence-electron chi connectivity index (χ4n) is 1.48. The molecule has 1 saturated carbocycles. The third-order valence-corrected chi connectivity index (χ3v) is 2.38. The molecule has 2 heterocycles. The second kappa shape index (κ2) is 2.64. The van der Waals surface area contributed by atoms with E-state index in [0.717, 1.165) is 5.76 Å². The molecule has 14 heavy (non-hydrogen) atoms. The topological polar surface area (TPSA) is 56.0 Å². The molecule has 1 fully saturated rings. The van der Waals surface area contributed by atoms with E-state index in [1.165, 1.54) is 19.0 Å². The Labute approximate surface area is 80.0 Å². The average molecular weight is 188 g/mol. The van der Waals surface area contributed by atoms with Crippen LogP contribution in [0.25, 0.3) is 11.2 Å². The molecule has 4 heteroatoms. The van der Waals surface area contributed by atoms with Crippen molar-refractivity contribution in [3.63, 3.8) is 0 Å². The molecule has 0 unspecified atom stereocenters. The molecule has 3 rings (SSSR count). The van der Waals surface area contributed by atoms with Gasteiger partial charge in [0.05, 0.1) is 6.20 Å². The lowest BCUT2D eigenvalue weighted by molar-refractivity contribution is 0.111. The Morgan fingerprint density at radius 3 is 3.07 bits per heavy atom. The van der Waals surface area contributed by atoms with Crippen molar-refractivity contribution in [2.24, 2.45) is 0 Å². The SMILES string of the molecule is O=Cc1cnc2oc(C3CC3)cc2n1. The molecule has 1 aliphatic rings. The zero-order chi connectivity index (χ0) is 9.54. The van der Waals surface area contributed by atoms with Crippen LogP contribution >= 0.6 is 0 Å². The number of aromatic nitrogens is 2. The van der Waals surface area contributed by atoms with Gasteiger partial charge in [0, 0.05) is 12.0 Å². The van der Waals surface area contributed by atoms with Gasteiger partial charge in [-0.05, 0) is 12.8 Å². The summed E-state index contributed by atoms with van der Waals surface area (Å²) in [5.41, 5.74) is 1.55. The van der Waals surface area contributed by atoms with Gasteiger partial charge in [-0.2, -0.15) is 0 Å². The van der Waals surface area contributed by atoms with Crippen LogP contribution in [0.1, 0.15) is 35.0 Å². The highest BCUT2D eigenvalue weighted by molar-refractivity contribution is 5.77. The van der Waals surface area contributed by atoms with Gasteiger partial charge in [0.1, 0.15) is 17.0 Å². The summed E-state index contributed by atoms with van der Waals surface area (Å²) in [4.78, 5) is 18.6. The molecule has 0 saturated heterocycles. The van der Waals surface area contributed by atoms with Crippen molar-refractivity contribution in [1.82, 2.24) is 9.97 Å². The number of rotatable bonds is 2. The molecule has 0 radical (unpaired) electrons. The minimum Gasteiger partial charge on any atom is -0.441 e. The van der Waals surface area contributed by atoms with E-state index in [4.69, 9.17) is 4.42 Å². The van der Waals surface area contributed by atoms with Gasteiger partial charge in [-0.25, -0.2) is 9.97 Å². The molecule has 0 bridgehead atoms. The second-order valence-electron chi connectivity index (χ2n) is 3.53. The number of carbonyl (C=O) groups is 1. The fourth-order valence-corrected chi connectivity index (χ4v) is 1.48. The van der Waals surface area contributed by atoms with Gasteiger partial charge in [-0.15, -0.1) is 0 Å². The highest BCUT2D eigenvalue weighted by Gasteiger charge is 2.27. The summed E-state index contributed by atoms with van der Waals surface area (Å²) in [6.45, 7) is 0. The molecule has 4 nitrogen and oxygen atoms in total. The minimum absolute atomic E-state index is 0.348. The monoisotopic (exact) mass is 188 g/mol. The van der Waals surface area contributed by atoms with Crippen LogP contribution < -0.4 is 0 Å². The number of hydrogen-bond acceptors (Lipinski definition) is 4. The van der Waals surface area contributed by atoms with Crippen LogP contribution in [0.15, 0.2) is 16.7 Å². The molecular weight excluding hydrogens is 180 g/mol. The second-order valence-corrected chi connectivity index (χ2v) is 3.53. The van der Waals surface area contributed by atoms with Crippen LogP contribution in [0.2, 0.25) is 0 Å².